The second-order valence-electron chi connectivity index (χ2n) is 8.45. The normalized spacial score (nSPS) is 11.6. The second kappa shape index (κ2) is 7.99. The summed E-state index contributed by atoms with van der Waals surface area (Å²) in [6, 6.07) is 20.9. The molecule has 172 valence electrons. The van der Waals surface area contributed by atoms with Crippen molar-refractivity contribution in [3.63, 3.8) is 0 Å². The Balaban J connectivity index is 1.67. The number of ether oxygens (including phenoxy) is 1. The van der Waals surface area contributed by atoms with Crippen molar-refractivity contribution in [1.82, 2.24) is 15.0 Å². The van der Waals surface area contributed by atoms with Crippen LogP contribution in [0.15, 0.2) is 66.7 Å². The van der Waals surface area contributed by atoms with Crippen LogP contribution in [0.4, 0.5) is 0 Å². The van der Waals surface area contributed by atoms with Crippen LogP contribution >= 0.6 is 0 Å². The van der Waals surface area contributed by atoms with Crippen molar-refractivity contribution in [3.8, 4) is 46.0 Å². The number of hydrogen-bond acceptors (Lipinski definition) is 7. The van der Waals surface area contributed by atoms with Gasteiger partial charge in [-0.25, -0.2) is 4.98 Å². The molecule has 6 aromatic rings. The van der Waals surface area contributed by atoms with Gasteiger partial charge in [0.15, 0.2) is 11.6 Å². The Hall–Kier alpha value is -4.65. The van der Waals surface area contributed by atoms with Gasteiger partial charge in [0.2, 0.25) is 0 Å². The number of aromatic nitrogens is 3. The second-order valence-corrected chi connectivity index (χ2v) is 8.45. The van der Waals surface area contributed by atoms with Gasteiger partial charge < -0.3 is 20.1 Å². The van der Waals surface area contributed by atoms with Gasteiger partial charge in [0.1, 0.15) is 22.8 Å². The number of phenols is 3. The highest BCUT2D eigenvalue weighted by Crippen LogP contribution is 2.42. The molecule has 0 spiro atoms. The molecule has 35 heavy (non-hydrogen) atoms. The van der Waals surface area contributed by atoms with Crippen molar-refractivity contribution in [2.75, 3.05) is 6.61 Å². The van der Waals surface area contributed by atoms with Crippen molar-refractivity contribution in [3.05, 3.63) is 66.7 Å². The van der Waals surface area contributed by atoms with Crippen LogP contribution in [0, 0.1) is 0 Å². The summed E-state index contributed by atoms with van der Waals surface area (Å²) in [6.07, 6.45) is 0.753. The van der Waals surface area contributed by atoms with E-state index in [1.807, 2.05) is 31.2 Å². The maximum absolute atomic E-state index is 10.5. The number of aromatic hydroxyl groups is 3. The van der Waals surface area contributed by atoms with Gasteiger partial charge >= 0.3 is 6.01 Å². The van der Waals surface area contributed by atoms with E-state index in [1.54, 1.807) is 0 Å². The minimum Gasteiger partial charge on any atom is -0.508 e. The maximum Gasteiger partial charge on any atom is 0.320 e. The van der Waals surface area contributed by atoms with E-state index in [9.17, 15) is 15.3 Å². The fourth-order valence-corrected chi connectivity index (χ4v) is 4.62. The fourth-order valence-electron chi connectivity index (χ4n) is 4.62. The highest BCUT2D eigenvalue weighted by Gasteiger charge is 2.21. The fraction of sp³-hybridized carbons (Fsp3) is 0.107. The molecule has 7 nitrogen and oxygen atoms in total. The lowest BCUT2D eigenvalue weighted by Gasteiger charge is -2.15. The molecule has 6 rings (SSSR count). The van der Waals surface area contributed by atoms with Crippen molar-refractivity contribution in [2.45, 2.75) is 13.3 Å². The summed E-state index contributed by atoms with van der Waals surface area (Å²) in [6.45, 7) is 2.37. The summed E-state index contributed by atoms with van der Waals surface area (Å²) in [5.74, 6) is -0.577. The van der Waals surface area contributed by atoms with Crippen LogP contribution < -0.4 is 4.74 Å². The molecule has 1 heterocycles. The average Bonchev–Trinajstić information content (AvgIpc) is 2.85. The first kappa shape index (κ1) is 20.9. The van der Waals surface area contributed by atoms with Gasteiger partial charge in [-0.15, -0.1) is 0 Å². The lowest BCUT2D eigenvalue weighted by atomic mass is 9.91. The van der Waals surface area contributed by atoms with Crippen LogP contribution in [-0.2, 0) is 0 Å². The van der Waals surface area contributed by atoms with E-state index < -0.39 is 0 Å². The molecule has 0 saturated heterocycles. The van der Waals surface area contributed by atoms with Crippen LogP contribution in [0.5, 0.6) is 23.3 Å². The first-order chi connectivity index (χ1) is 17.0. The molecule has 0 aliphatic rings. The Kier molecular flexibility index (Phi) is 4.77. The minimum atomic E-state index is -0.351. The lowest BCUT2D eigenvalue weighted by molar-refractivity contribution is 0.292. The first-order valence-electron chi connectivity index (χ1n) is 11.3. The summed E-state index contributed by atoms with van der Waals surface area (Å²) >= 11 is 0. The quantitative estimate of drug-likeness (QED) is 0.269. The van der Waals surface area contributed by atoms with Gasteiger partial charge in [-0.05, 0) is 44.8 Å². The molecule has 7 heteroatoms. The molecule has 0 atom stereocenters. The highest BCUT2D eigenvalue weighted by atomic mass is 16.5. The van der Waals surface area contributed by atoms with Gasteiger partial charge in [0.05, 0.1) is 6.61 Å². The Bertz CT molecular complexity index is 1710. The molecule has 0 saturated carbocycles. The maximum atomic E-state index is 10.5. The van der Waals surface area contributed by atoms with Crippen LogP contribution in [0.25, 0.3) is 55.1 Å². The highest BCUT2D eigenvalue weighted by molar-refractivity contribution is 6.26. The van der Waals surface area contributed by atoms with Crippen LogP contribution in [0.1, 0.15) is 13.3 Å². The molecule has 0 aliphatic carbocycles. The number of hydrogen-bond donors (Lipinski definition) is 3. The molecule has 1 aromatic heterocycles. The van der Waals surface area contributed by atoms with Gasteiger partial charge in [0.25, 0.3) is 0 Å². The topological polar surface area (TPSA) is 109 Å². The smallest absolute Gasteiger partial charge is 0.320 e. The van der Waals surface area contributed by atoms with Crippen molar-refractivity contribution < 1.29 is 20.1 Å². The third kappa shape index (κ3) is 3.40. The molecule has 3 N–H and O–H groups in total. The third-order valence-corrected chi connectivity index (χ3v) is 6.10. The minimum absolute atomic E-state index is 0.00934. The summed E-state index contributed by atoms with van der Waals surface area (Å²) in [5, 5.41) is 37.3. The first-order valence-corrected chi connectivity index (χ1v) is 11.3. The zero-order valence-corrected chi connectivity index (χ0v) is 18.9. The summed E-state index contributed by atoms with van der Waals surface area (Å²) in [7, 11) is 0. The molecule has 0 bridgehead atoms. The monoisotopic (exact) mass is 463 g/mol. The molecule has 0 amide bonds. The Labute approximate surface area is 200 Å². The molecular weight excluding hydrogens is 442 g/mol. The molecule has 0 radical (unpaired) electrons. The zero-order chi connectivity index (χ0) is 24.1. The number of rotatable bonds is 5. The summed E-state index contributed by atoms with van der Waals surface area (Å²) in [5.41, 5.74) is 0.773. The van der Waals surface area contributed by atoms with Crippen LogP contribution in [0.3, 0.4) is 0 Å². The lowest BCUT2D eigenvalue weighted by Crippen LogP contribution is -2.05. The summed E-state index contributed by atoms with van der Waals surface area (Å²) in [4.78, 5) is 13.6. The van der Waals surface area contributed by atoms with Gasteiger partial charge in [-0.2, -0.15) is 9.97 Å². The van der Waals surface area contributed by atoms with Crippen molar-refractivity contribution >= 4 is 32.3 Å². The van der Waals surface area contributed by atoms with E-state index in [0.717, 1.165) is 51.0 Å². The molecular formula is C28H21N3O4. The number of benzene rings is 5. The predicted molar refractivity (Wildman–Crippen MR) is 135 cm³/mol. The van der Waals surface area contributed by atoms with Crippen LogP contribution in [0.2, 0.25) is 0 Å². The average molecular weight is 463 g/mol. The number of phenolic OH excluding ortho intramolecular Hbond substituents is 3. The summed E-state index contributed by atoms with van der Waals surface area (Å²) < 4.78 is 5.75. The number of nitrogens with zero attached hydrogens (tertiary/aromatic N) is 3. The van der Waals surface area contributed by atoms with Crippen molar-refractivity contribution in [2.24, 2.45) is 0 Å². The van der Waals surface area contributed by atoms with Gasteiger partial charge in [0, 0.05) is 17.7 Å². The standard InChI is InChI=1S/C28H21N3O4/c1-2-11-35-28-30-26(29-27(31-28)25-21(33)13-18(32)14-22(25)34)20-12-17-7-3-5-15-9-10-16-6-4-8-19(20)24(16)23(15)17/h3-10,12-14,32-34H,2,11H2,1H3. The van der Waals surface area contributed by atoms with E-state index in [-0.39, 0.29) is 34.6 Å². The largest absolute Gasteiger partial charge is 0.508 e. The third-order valence-electron chi connectivity index (χ3n) is 6.10. The Morgan fingerprint density at radius 3 is 2.11 bits per heavy atom. The van der Waals surface area contributed by atoms with Crippen molar-refractivity contribution in [1.29, 1.82) is 0 Å². The van der Waals surface area contributed by atoms with E-state index in [0.29, 0.717) is 12.4 Å². The predicted octanol–water partition coefficient (Wildman–Crippen LogP) is 6.01. The van der Waals surface area contributed by atoms with E-state index >= 15 is 0 Å². The SMILES string of the molecule is CCCOc1nc(-c2c(O)cc(O)cc2O)nc(-c2cc3cccc4ccc5cccc2c5c43)n1. The molecule has 0 fully saturated rings. The van der Waals surface area contributed by atoms with Gasteiger partial charge in [-0.1, -0.05) is 55.5 Å². The molecule has 0 unspecified atom stereocenters. The van der Waals surface area contributed by atoms with Crippen LogP contribution in [-0.4, -0.2) is 36.9 Å². The molecule has 5 aromatic carbocycles. The Morgan fingerprint density at radius 1 is 0.714 bits per heavy atom. The Morgan fingerprint density at radius 2 is 1.37 bits per heavy atom. The van der Waals surface area contributed by atoms with E-state index in [2.05, 4.69) is 45.3 Å². The zero-order valence-electron chi connectivity index (χ0n) is 18.9. The van der Waals surface area contributed by atoms with E-state index in [4.69, 9.17) is 4.74 Å². The molecule has 0 aliphatic heterocycles. The van der Waals surface area contributed by atoms with E-state index in [1.165, 1.54) is 5.39 Å². The van der Waals surface area contributed by atoms with Gasteiger partial charge in [-0.3, -0.25) is 0 Å².